The van der Waals surface area contributed by atoms with Crippen molar-refractivity contribution in [1.82, 2.24) is 0 Å². The fourth-order valence-electron chi connectivity index (χ4n) is 8.16. The molecule has 0 aliphatic carbocycles. The van der Waals surface area contributed by atoms with Crippen LogP contribution in [0.1, 0.15) is 210 Å². The topological polar surface area (TPSA) is 0 Å². The summed E-state index contributed by atoms with van der Waals surface area (Å²) in [5.74, 6) is 0. The third kappa shape index (κ3) is 19.8. The van der Waals surface area contributed by atoms with Crippen LogP contribution in [0.15, 0.2) is 6.07 Å². The van der Waals surface area contributed by atoms with Gasteiger partial charge in [-0.05, 0) is 88.8 Å². The van der Waals surface area contributed by atoms with Gasteiger partial charge >= 0.3 is 0 Å². The minimum Gasteiger partial charge on any atom is -0.322 e. The Hall–Kier alpha value is -0.860. The molecular weight excluding hydrogens is 569 g/mol. The van der Waals surface area contributed by atoms with Gasteiger partial charge in [0.15, 0.2) is 0 Å². The summed E-state index contributed by atoms with van der Waals surface area (Å²) >= 11 is 0. The Morgan fingerprint density at radius 1 is 0.362 bits per heavy atom. The van der Waals surface area contributed by atoms with E-state index in [2.05, 4.69) is 68.6 Å². The SMILES string of the molecule is CCCCCCCC[N+](C)(CCCCCCCC)Cc1c(C)cc(C)c(C[N+](C)(CCCCCCCC)CCCCCCCC)c1C. The van der Waals surface area contributed by atoms with Crippen LogP contribution in [0.4, 0.5) is 0 Å². The van der Waals surface area contributed by atoms with Crippen molar-refractivity contribution in [2.75, 3.05) is 40.3 Å². The molecule has 2 heteroatoms. The zero-order valence-electron chi connectivity index (χ0n) is 34.2. The maximum atomic E-state index is 2.60. The standard InChI is InChI=1S/C45H88N2/c1-10-14-18-22-26-30-34-46(8,35-31-27-23-19-15-11-2)39-44-41(5)38-42(6)45(43(44)7)40-47(9,36-32-28-24-20-16-12-3)37-33-29-25-21-17-13-4/h38H,10-37,39-40H2,1-9H3/q+2. The molecule has 276 valence electrons. The molecule has 0 saturated heterocycles. The van der Waals surface area contributed by atoms with E-state index in [4.69, 9.17) is 0 Å². The molecule has 0 aliphatic heterocycles. The lowest BCUT2D eigenvalue weighted by molar-refractivity contribution is -0.923. The van der Waals surface area contributed by atoms with E-state index in [0.29, 0.717) is 0 Å². The van der Waals surface area contributed by atoms with Gasteiger partial charge in [0.05, 0.1) is 40.3 Å². The van der Waals surface area contributed by atoms with Gasteiger partial charge in [-0.2, -0.15) is 0 Å². The molecule has 0 atom stereocenters. The summed E-state index contributed by atoms with van der Waals surface area (Å²) in [5, 5.41) is 0. The monoisotopic (exact) mass is 657 g/mol. The van der Waals surface area contributed by atoms with Crippen LogP contribution in [-0.2, 0) is 13.1 Å². The zero-order valence-corrected chi connectivity index (χ0v) is 34.2. The van der Waals surface area contributed by atoms with E-state index in [1.54, 1.807) is 27.8 Å². The predicted octanol–water partition coefficient (Wildman–Crippen LogP) is 13.9. The van der Waals surface area contributed by atoms with Crippen LogP contribution in [0.3, 0.4) is 0 Å². The average molecular weight is 657 g/mol. The van der Waals surface area contributed by atoms with Gasteiger partial charge in [-0.25, -0.2) is 0 Å². The van der Waals surface area contributed by atoms with Gasteiger partial charge in [0.25, 0.3) is 0 Å². The Balaban J connectivity index is 3.15. The summed E-state index contributed by atoms with van der Waals surface area (Å²) in [5.41, 5.74) is 8.07. The van der Waals surface area contributed by atoms with Gasteiger partial charge in [-0.1, -0.05) is 136 Å². The van der Waals surface area contributed by atoms with Gasteiger partial charge in [0, 0.05) is 11.1 Å². The number of nitrogens with zero attached hydrogens (tertiary/aromatic N) is 2. The van der Waals surface area contributed by atoms with E-state index in [1.165, 1.54) is 202 Å². The maximum absolute atomic E-state index is 2.60. The third-order valence-corrected chi connectivity index (χ3v) is 11.6. The van der Waals surface area contributed by atoms with Crippen molar-refractivity contribution in [2.45, 2.75) is 216 Å². The highest BCUT2D eigenvalue weighted by molar-refractivity contribution is 5.44. The summed E-state index contributed by atoms with van der Waals surface area (Å²) in [6, 6.07) is 2.57. The average Bonchev–Trinajstić information content (AvgIpc) is 3.04. The summed E-state index contributed by atoms with van der Waals surface area (Å²) in [6.07, 6.45) is 33.6. The molecule has 0 bridgehead atoms. The van der Waals surface area contributed by atoms with Gasteiger partial charge in [0.2, 0.25) is 0 Å². The second-order valence-electron chi connectivity index (χ2n) is 16.6. The molecule has 0 amide bonds. The van der Waals surface area contributed by atoms with E-state index in [0.717, 1.165) is 0 Å². The Morgan fingerprint density at radius 3 is 0.851 bits per heavy atom. The molecule has 1 rings (SSSR count). The third-order valence-electron chi connectivity index (χ3n) is 11.6. The molecule has 0 aromatic heterocycles. The van der Waals surface area contributed by atoms with E-state index in [9.17, 15) is 0 Å². The largest absolute Gasteiger partial charge is 0.322 e. The van der Waals surface area contributed by atoms with Crippen LogP contribution in [0.25, 0.3) is 0 Å². The molecule has 0 fully saturated rings. The van der Waals surface area contributed by atoms with Crippen molar-refractivity contribution >= 4 is 0 Å². The second-order valence-corrected chi connectivity index (χ2v) is 16.6. The number of benzene rings is 1. The predicted molar refractivity (Wildman–Crippen MR) is 213 cm³/mol. The lowest BCUT2D eigenvalue weighted by Crippen LogP contribution is -2.46. The van der Waals surface area contributed by atoms with Gasteiger partial charge in [-0.15, -0.1) is 0 Å². The van der Waals surface area contributed by atoms with Crippen LogP contribution < -0.4 is 0 Å². The lowest BCUT2D eigenvalue weighted by atomic mass is 9.91. The minimum absolute atomic E-state index is 1.22. The molecule has 0 heterocycles. The molecule has 0 aliphatic rings. The maximum Gasteiger partial charge on any atom is 0.105 e. The first kappa shape index (κ1) is 44.2. The Bertz CT molecular complexity index is 786. The highest BCUT2D eigenvalue weighted by Crippen LogP contribution is 2.30. The number of hydrogen-bond acceptors (Lipinski definition) is 0. The van der Waals surface area contributed by atoms with Crippen molar-refractivity contribution in [3.8, 4) is 0 Å². The van der Waals surface area contributed by atoms with Crippen molar-refractivity contribution < 1.29 is 8.97 Å². The number of rotatable bonds is 32. The van der Waals surface area contributed by atoms with E-state index >= 15 is 0 Å². The summed E-state index contributed by atoms with van der Waals surface area (Å²) in [4.78, 5) is 0. The quantitative estimate of drug-likeness (QED) is 0.0535. The summed E-state index contributed by atoms with van der Waals surface area (Å²) in [6.45, 7) is 24.5. The van der Waals surface area contributed by atoms with Gasteiger partial charge < -0.3 is 8.97 Å². The van der Waals surface area contributed by atoms with E-state index in [1.807, 2.05) is 0 Å². The number of aryl methyl sites for hydroxylation is 2. The highest BCUT2D eigenvalue weighted by Gasteiger charge is 2.28. The van der Waals surface area contributed by atoms with Crippen LogP contribution in [0.2, 0.25) is 0 Å². The van der Waals surface area contributed by atoms with Crippen molar-refractivity contribution in [3.05, 3.63) is 33.9 Å². The zero-order chi connectivity index (χ0) is 34.8. The number of unbranched alkanes of at least 4 members (excludes halogenated alkanes) is 20. The molecule has 0 unspecified atom stereocenters. The molecule has 1 aromatic carbocycles. The Labute approximate surface area is 298 Å². The fraction of sp³-hybridized carbons (Fsp3) is 0.867. The Morgan fingerprint density at radius 2 is 0.596 bits per heavy atom. The highest BCUT2D eigenvalue weighted by atomic mass is 15.3. The van der Waals surface area contributed by atoms with Crippen LogP contribution >= 0.6 is 0 Å². The number of hydrogen-bond donors (Lipinski definition) is 0. The number of quaternary nitrogens is 2. The van der Waals surface area contributed by atoms with Crippen molar-refractivity contribution in [2.24, 2.45) is 0 Å². The molecule has 2 nitrogen and oxygen atoms in total. The van der Waals surface area contributed by atoms with E-state index in [-0.39, 0.29) is 0 Å². The molecule has 0 N–H and O–H groups in total. The van der Waals surface area contributed by atoms with Gasteiger partial charge in [-0.3, -0.25) is 0 Å². The molecule has 0 radical (unpaired) electrons. The van der Waals surface area contributed by atoms with E-state index < -0.39 is 0 Å². The minimum atomic E-state index is 1.22. The second kappa shape index (κ2) is 26.9. The molecule has 47 heavy (non-hydrogen) atoms. The lowest BCUT2D eigenvalue weighted by Gasteiger charge is -2.38. The normalized spacial score (nSPS) is 12.4. The molecule has 0 saturated carbocycles. The first-order valence-electron chi connectivity index (χ1n) is 21.4. The molecule has 1 aromatic rings. The van der Waals surface area contributed by atoms with Crippen LogP contribution in [-0.4, -0.2) is 49.2 Å². The van der Waals surface area contributed by atoms with Crippen LogP contribution in [0.5, 0.6) is 0 Å². The van der Waals surface area contributed by atoms with Crippen molar-refractivity contribution in [3.63, 3.8) is 0 Å². The first-order valence-corrected chi connectivity index (χ1v) is 21.4. The summed E-state index contributed by atoms with van der Waals surface area (Å²) < 4.78 is 2.46. The fourth-order valence-corrected chi connectivity index (χ4v) is 8.16. The van der Waals surface area contributed by atoms with Crippen LogP contribution in [0, 0.1) is 20.8 Å². The molecular formula is C45H88N2+2. The summed E-state index contributed by atoms with van der Waals surface area (Å²) in [7, 11) is 5.21. The molecule has 0 spiro atoms. The Kier molecular flexibility index (Phi) is 25.3. The smallest absolute Gasteiger partial charge is 0.105 e. The van der Waals surface area contributed by atoms with Gasteiger partial charge in [0.1, 0.15) is 13.1 Å². The van der Waals surface area contributed by atoms with Crippen molar-refractivity contribution in [1.29, 1.82) is 0 Å². The first-order chi connectivity index (χ1) is 22.6.